The van der Waals surface area contributed by atoms with E-state index in [2.05, 4.69) is 10.3 Å². The summed E-state index contributed by atoms with van der Waals surface area (Å²) in [6.07, 6.45) is 3.82. The number of aromatic nitrogens is 1. The molecule has 3 aromatic rings. The zero-order valence-corrected chi connectivity index (χ0v) is 16.7. The van der Waals surface area contributed by atoms with Crippen LogP contribution in [0.3, 0.4) is 0 Å². The molecule has 0 saturated heterocycles. The lowest BCUT2D eigenvalue weighted by molar-refractivity contribution is 0.0785. The summed E-state index contributed by atoms with van der Waals surface area (Å²) >= 11 is 0. The minimum absolute atomic E-state index is 0.00971. The minimum atomic E-state index is -0.508. The van der Waals surface area contributed by atoms with Crippen molar-refractivity contribution in [3.63, 3.8) is 0 Å². The van der Waals surface area contributed by atoms with Crippen LogP contribution in [0.4, 0.5) is 0 Å². The van der Waals surface area contributed by atoms with Crippen molar-refractivity contribution in [3.8, 4) is 0 Å². The monoisotopic (exact) mass is 389 g/mol. The topological polar surface area (TPSA) is 65.5 Å². The van der Waals surface area contributed by atoms with E-state index in [0.29, 0.717) is 18.7 Å². The van der Waals surface area contributed by atoms with Crippen molar-refractivity contribution in [3.05, 3.63) is 101 Å². The van der Waals surface area contributed by atoms with E-state index in [-0.39, 0.29) is 5.91 Å². The van der Waals surface area contributed by atoms with Gasteiger partial charge in [-0.05, 0) is 47.9 Å². The Morgan fingerprint density at radius 3 is 2.48 bits per heavy atom. The molecule has 0 aliphatic rings. The van der Waals surface area contributed by atoms with Crippen LogP contribution in [0.1, 0.15) is 33.2 Å². The van der Waals surface area contributed by atoms with Gasteiger partial charge in [-0.1, -0.05) is 48.5 Å². The van der Waals surface area contributed by atoms with E-state index in [0.717, 1.165) is 29.7 Å². The first kappa shape index (κ1) is 20.7. The van der Waals surface area contributed by atoms with Crippen LogP contribution in [0.5, 0.6) is 0 Å². The van der Waals surface area contributed by atoms with E-state index in [1.54, 1.807) is 24.3 Å². The van der Waals surface area contributed by atoms with Crippen molar-refractivity contribution in [2.45, 2.75) is 19.1 Å². The fraction of sp³-hybridized carbons (Fsp3) is 0.250. The molecule has 150 valence electrons. The Labute approximate surface area is 172 Å². The fourth-order valence-corrected chi connectivity index (χ4v) is 3.14. The lowest BCUT2D eigenvalue weighted by Gasteiger charge is -2.17. The van der Waals surface area contributed by atoms with Gasteiger partial charge in [-0.2, -0.15) is 0 Å². The molecule has 3 rings (SSSR count). The van der Waals surface area contributed by atoms with Crippen LogP contribution in [-0.2, 0) is 13.0 Å². The highest BCUT2D eigenvalue weighted by Gasteiger charge is 2.12. The first-order valence-electron chi connectivity index (χ1n) is 9.80. The molecule has 0 aliphatic carbocycles. The highest BCUT2D eigenvalue weighted by molar-refractivity contribution is 5.94. The Morgan fingerprint density at radius 2 is 1.79 bits per heavy atom. The Hall–Kier alpha value is -3.02. The third kappa shape index (κ3) is 6.24. The van der Waals surface area contributed by atoms with Crippen molar-refractivity contribution >= 4 is 5.91 Å². The number of nitrogens with one attached hydrogen (secondary N) is 1. The van der Waals surface area contributed by atoms with Crippen LogP contribution in [0.25, 0.3) is 0 Å². The van der Waals surface area contributed by atoms with Gasteiger partial charge in [0.2, 0.25) is 0 Å². The molecular formula is C24H27N3O2. The smallest absolute Gasteiger partial charge is 0.253 e. The number of aliphatic hydroxyl groups excluding tert-OH is 1. The van der Waals surface area contributed by atoms with Gasteiger partial charge in [0.25, 0.3) is 5.91 Å². The van der Waals surface area contributed by atoms with Gasteiger partial charge in [0.05, 0.1) is 6.10 Å². The number of hydrogen-bond acceptors (Lipinski definition) is 4. The van der Waals surface area contributed by atoms with Crippen LogP contribution in [-0.4, -0.2) is 41.0 Å². The van der Waals surface area contributed by atoms with Gasteiger partial charge < -0.3 is 15.3 Å². The highest BCUT2D eigenvalue weighted by Crippen LogP contribution is 2.12. The van der Waals surface area contributed by atoms with E-state index in [1.807, 2.05) is 66.7 Å². The highest BCUT2D eigenvalue weighted by atomic mass is 16.3. The molecule has 0 radical (unpaired) electrons. The van der Waals surface area contributed by atoms with Crippen LogP contribution in [0, 0.1) is 0 Å². The van der Waals surface area contributed by atoms with Gasteiger partial charge in [-0.25, -0.2) is 0 Å². The number of amides is 1. The summed E-state index contributed by atoms with van der Waals surface area (Å²) in [5, 5.41) is 13.4. The number of benzene rings is 2. The maximum atomic E-state index is 12.6. The van der Waals surface area contributed by atoms with Crippen molar-refractivity contribution in [2.24, 2.45) is 0 Å². The SMILES string of the molecule is CN(Cc1cccnc1)C(=O)c1ccc(CCNCC(O)c2ccccc2)cc1. The Bertz CT molecular complexity index is 883. The number of aliphatic hydroxyl groups is 1. The van der Waals surface area contributed by atoms with Gasteiger partial charge in [0.15, 0.2) is 0 Å². The van der Waals surface area contributed by atoms with E-state index in [9.17, 15) is 9.90 Å². The Morgan fingerprint density at radius 1 is 1.03 bits per heavy atom. The molecule has 1 unspecified atom stereocenters. The van der Waals surface area contributed by atoms with Gasteiger partial charge in [-0.15, -0.1) is 0 Å². The number of pyridine rings is 1. The predicted molar refractivity (Wildman–Crippen MR) is 114 cm³/mol. The molecule has 1 aromatic heterocycles. The second-order valence-corrected chi connectivity index (χ2v) is 7.10. The molecule has 0 bridgehead atoms. The zero-order chi connectivity index (χ0) is 20.5. The third-order valence-corrected chi connectivity index (χ3v) is 4.80. The summed E-state index contributed by atoms with van der Waals surface area (Å²) < 4.78 is 0. The quantitative estimate of drug-likeness (QED) is 0.552. The third-order valence-electron chi connectivity index (χ3n) is 4.80. The van der Waals surface area contributed by atoms with Crippen molar-refractivity contribution in [1.29, 1.82) is 0 Å². The Balaban J connectivity index is 1.44. The minimum Gasteiger partial charge on any atom is -0.387 e. The van der Waals surface area contributed by atoms with Crippen molar-refractivity contribution in [2.75, 3.05) is 20.1 Å². The van der Waals surface area contributed by atoms with Crippen molar-refractivity contribution in [1.82, 2.24) is 15.2 Å². The molecule has 0 aliphatic heterocycles. The first-order valence-corrected chi connectivity index (χ1v) is 9.80. The standard InChI is InChI=1S/C24H27N3O2/c1-27(18-20-6-5-14-25-16-20)24(29)22-11-9-19(10-12-22)13-15-26-17-23(28)21-7-3-2-4-8-21/h2-12,14,16,23,26,28H,13,15,17-18H2,1H3. The normalized spacial score (nSPS) is 11.8. The van der Waals surface area contributed by atoms with E-state index >= 15 is 0 Å². The molecule has 2 aromatic carbocycles. The van der Waals surface area contributed by atoms with Gasteiger partial charge >= 0.3 is 0 Å². The molecule has 0 spiro atoms. The average molecular weight is 389 g/mol. The summed E-state index contributed by atoms with van der Waals surface area (Å²) in [7, 11) is 1.80. The van der Waals surface area contributed by atoms with Crippen LogP contribution in [0.2, 0.25) is 0 Å². The zero-order valence-electron chi connectivity index (χ0n) is 16.7. The van der Waals surface area contributed by atoms with Crippen LogP contribution < -0.4 is 5.32 Å². The number of carbonyl (C=O) groups is 1. The number of rotatable bonds is 9. The first-order chi connectivity index (χ1) is 14.1. The summed E-state index contributed by atoms with van der Waals surface area (Å²) in [5.74, 6) is -0.00971. The van der Waals surface area contributed by atoms with E-state index in [1.165, 1.54) is 0 Å². The Kier molecular flexibility index (Phi) is 7.50. The molecule has 5 heteroatoms. The van der Waals surface area contributed by atoms with Crippen molar-refractivity contribution < 1.29 is 9.90 Å². The van der Waals surface area contributed by atoms with E-state index < -0.39 is 6.10 Å². The lowest BCUT2D eigenvalue weighted by Crippen LogP contribution is -2.26. The lowest BCUT2D eigenvalue weighted by atomic mass is 10.1. The average Bonchev–Trinajstić information content (AvgIpc) is 2.77. The molecule has 5 nitrogen and oxygen atoms in total. The largest absolute Gasteiger partial charge is 0.387 e. The van der Waals surface area contributed by atoms with Gasteiger partial charge in [0.1, 0.15) is 0 Å². The number of hydrogen-bond donors (Lipinski definition) is 2. The summed E-state index contributed by atoms with van der Waals surface area (Å²) in [4.78, 5) is 18.4. The molecule has 29 heavy (non-hydrogen) atoms. The fourth-order valence-electron chi connectivity index (χ4n) is 3.14. The molecule has 1 amide bonds. The molecular weight excluding hydrogens is 362 g/mol. The summed E-state index contributed by atoms with van der Waals surface area (Å²) in [5.41, 5.74) is 3.74. The summed E-state index contributed by atoms with van der Waals surface area (Å²) in [6.45, 7) is 1.81. The maximum Gasteiger partial charge on any atom is 0.253 e. The van der Waals surface area contributed by atoms with Crippen LogP contribution in [0.15, 0.2) is 79.1 Å². The second kappa shape index (κ2) is 10.5. The van der Waals surface area contributed by atoms with E-state index in [4.69, 9.17) is 0 Å². The molecule has 0 saturated carbocycles. The number of nitrogens with zero attached hydrogens (tertiary/aromatic N) is 2. The molecule has 1 heterocycles. The second-order valence-electron chi connectivity index (χ2n) is 7.10. The van der Waals surface area contributed by atoms with Gasteiger partial charge in [-0.3, -0.25) is 9.78 Å². The molecule has 0 fully saturated rings. The van der Waals surface area contributed by atoms with Gasteiger partial charge in [0, 0.05) is 38.1 Å². The number of carbonyl (C=O) groups excluding carboxylic acids is 1. The molecule has 2 N–H and O–H groups in total. The predicted octanol–water partition coefficient (Wildman–Crippen LogP) is 3.22. The molecule has 1 atom stereocenters. The van der Waals surface area contributed by atoms with Crippen LogP contribution >= 0.6 is 0 Å². The summed E-state index contributed by atoms with van der Waals surface area (Å²) in [6, 6.07) is 21.2. The maximum absolute atomic E-state index is 12.6.